The summed E-state index contributed by atoms with van der Waals surface area (Å²) < 4.78 is 5.43. The van der Waals surface area contributed by atoms with Crippen molar-refractivity contribution in [3.8, 4) is 0 Å². The molecule has 1 aliphatic heterocycles. The Morgan fingerprint density at radius 2 is 2.00 bits per heavy atom. The zero-order valence-corrected chi connectivity index (χ0v) is 11.6. The first kappa shape index (κ1) is 13.6. The molecule has 1 saturated heterocycles. The van der Waals surface area contributed by atoms with Gasteiger partial charge >= 0.3 is 0 Å². The third-order valence-electron chi connectivity index (χ3n) is 4.09. The topological polar surface area (TPSA) is 21.3 Å². The van der Waals surface area contributed by atoms with Crippen LogP contribution in [-0.4, -0.2) is 26.3 Å². The Kier molecular flexibility index (Phi) is 5.21. The molecule has 1 aromatic carbocycles. The van der Waals surface area contributed by atoms with Crippen LogP contribution in [0.3, 0.4) is 0 Å². The van der Waals surface area contributed by atoms with Crippen LogP contribution in [0.2, 0.25) is 0 Å². The number of ether oxygens (including phenoxy) is 1. The van der Waals surface area contributed by atoms with E-state index in [9.17, 15) is 0 Å². The van der Waals surface area contributed by atoms with E-state index in [4.69, 9.17) is 4.74 Å². The molecule has 2 rings (SSSR count). The maximum Gasteiger partial charge on any atom is 0.0468 e. The van der Waals surface area contributed by atoms with Crippen molar-refractivity contribution in [2.45, 2.75) is 38.6 Å². The van der Waals surface area contributed by atoms with Gasteiger partial charge in [0.05, 0.1) is 0 Å². The molecule has 0 saturated carbocycles. The van der Waals surface area contributed by atoms with Crippen molar-refractivity contribution in [1.82, 2.24) is 5.32 Å². The highest BCUT2D eigenvalue weighted by molar-refractivity contribution is 5.26. The Bertz CT molecular complexity index is 358. The monoisotopic (exact) mass is 247 g/mol. The van der Waals surface area contributed by atoms with E-state index in [1.807, 2.05) is 0 Å². The highest BCUT2D eigenvalue weighted by Crippen LogP contribution is 2.22. The van der Waals surface area contributed by atoms with Crippen LogP contribution in [-0.2, 0) is 11.2 Å². The van der Waals surface area contributed by atoms with Gasteiger partial charge in [-0.15, -0.1) is 0 Å². The van der Waals surface area contributed by atoms with Gasteiger partial charge in [0.2, 0.25) is 0 Å². The van der Waals surface area contributed by atoms with Crippen molar-refractivity contribution >= 4 is 0 Å². The minimum absolute atomic E-state index is 0.592. The number of likely N-dealkylation sites (N-methyl/N-ethyl adjacent to an activating group) is 1. The molecule has 18 heavy (non-hydrogen) atoms. The molecule has 1 unspecified atom stereocenters. The molecule has 1 N–H and O–H groups in total. The van der Waals surface area contributed by atoms with Gasteiger partial charge in [0, 0.05) is 19.3 Å². The van der Waals surface area contributed by atoms with Gasteiger partial charge in [-0.25, -0.2) is 0 Å². The van der Waals surface area contributed by atoms with Gasteiger partial charge < -0.3 is 10.1 Å². The number of hydrogen-bond acceptors (Lipinski definition) is 2. The number of benzene rings is 1. The molecule has 2 nitrogen and oxygen atoms in total. The SMILES string of the molecule is CNC(Cc1ccccc1C)CC1CCOCC1. The summed E-state index contributed by atoms with van der Waals surface area (Å²) in [5.74, 6) is 0.834. The lowest BCUT2D eigenvalue weighted by Gasteiger charge is -2.27. The molecule has 1 fully saturated rings. The third-order valence-corrected chi connectivity index (χ3v) is 4.09. The van der Waals surface area contributed by atoms with Crippen LogP contribution in [0.5, 0.6) is 0 Å². The molecule has 0 amide bonds. The molecule has 0 bridgehead atoms. The maximum atomic E-state index is 5.43. The van der Waals surface area contributed by atoms with Crippen LogP contribution in [0.15, 0.2) is 24.3 Å². The van der Waals surface area contributed by atoms with Gasteiger partial charge in [-0.3, -0.25) is 0 Å². The Hall–Kier alpha value is -0.860. The minimum atomic E-state index is 0.592. The molecule has 100 valence electrons. The first-order chi connectivity index (χ1) is 8.79. The van der Waals surface area contributed by atoms with Gasteiger partial charge in [0.25, 0.3) is 0 Å². The average molecular weight is 247 g/mol. The fourth-order valence-electron chi connectivity index (χ4n) is 2.79. The number of nitrogens with one attached hydrogen (secondary N) is 1. The van der Waals surface area contributed by atoms with Gasteiger partial charge in [0.15, 0.2) is 0 Å². The molecule has 1 atom stereocenters. The third kappa shape index (κ3) is 3.82. The number of hydrogen-bond donors (Lipinski definition) is 1. The summed E-state index contributed by atoms with van der Waals surface area (Å²) in [4.78, 5) is 0. The van der Waals surface area contributed by atoms with E-state index in [-0.39, 0.29) is 0 Å². The van der Waals surface area contributed by atoms with Crippen LogP contribution >= 0.6 is 0 Å². The van der Waals surface area contributed by atoms with Gasteiger partial charge in [-0.05, 0) is 56.7 Å². The molecule has 0 aromatic heterocycles. The van der Waals surface area contributed by atoms with Crippen molar-refractivity contribution in [2.24, 2.45) is 5.92 Å². The molecule has 1 heterocycles. The number of rotatable bonds is 5. The predicted octanol–water partition coefficient (Wildman–Crippen LogP) is 2.94. The summed E-state index contributed by atoms with van der Waals surface area (Å²) in [6, 6.07) is 9.31. The number of aryl methyl sites for hydroxylation is 1. The molecule has 0 aliphatic carbocycles. The molecule has 0 spiro atoms. The average Bonchev–Trinajstić information content (AvgIpc) is 2.41. The highest BCUT2D eigenvalue weighted by Gasteiger charge is 2.18. The summed E-state index contributed by atoms with van der Waals surface area (Å²) in [6.45, 7) is 4.10. The van der Waals surface area contributed by atoms with Crippen LogP contribution in [0.4, 0.5) is 0 Å². The van der Waals surface area contributed by atoms with E-state index in [1.54, 1.807) is 0 Å². The largest absolute Gasteiger partial charge is 0.381 e. The normalized spacial score (nSPS) is 18.8. The van der Waals surface area contributed by atoms with Crippen molar-refractivity contribution in [2.75, 3.05) is 20.3 Å². The molecular formula is C16H25NO. The summed E-state index contributed by atoms with van der Waals surface area (Å²) >= 11 is 0. The molecule has 1 aliphatic rings. The summed E-state index contributed by atoms with van der Waals surface area (Å²) in [5.41, 5.74) is 2.88. The molecular weight excluding hydrogens is 222 g/mol. The van der Waals surface area contributed by atoms with Gasteiger partial charge in [-0.1, -0.05) is 24.3 Å². The van der Waals surface area contributed by atoms with E-state index in [1.165, 1.54) is 30.4 Å². The Labute approximate surface area is 111 Å². The lowest BCUT2D eigenvalue weighted by atomic mass is 9.89. The minimum Gasteiger partial charge on any atom is -0.381 e. The Morgan fingerprint density at radius 3 is 2.67 bits per heavy atom. The van der Waals surface area contributed by atoms with Crippen LogP contribution in [0.25, 0.3) is 0 Å². The summed E-state index contributed by atoms with van der Waals surface area (Å²) in [7, 11) is 2.09. The van der Waals surface area contributed by atoms with E-state index >= 15 is 0 Å². The lowest BCUT2D eigenvalue weighted by Crippen LogP contribution is -2.32. The first-order valence-electron chi connectivity index (χ1n) is 7.09. The predicted molar refractivity (Wildman–Crippen MR) is 75.9 cm³/mol. The van der Waals surface area contributed by atoms with Gasteiger partial charge in [0.1, 0.15) is 0 Å². The highest BCUT2D eigenvalue weighted by atomic mass is 16.5. The van der Waals surface area contributed by atoms with Crippen molar-refractivity contribution < 1.29 is 4.74 Å². The Morgan fingerprint density at radius 1 is 1.28 bits per heavy atom. The van der Waals surface area contributed by atoms with E-state index in [2.05, 4.69) is 43.6 Å². The van der Waals surface area contributed by atoms with E-state index < -0.39 is 0 Å². The fraction of sp³-hybridized carbons (Fsp3) is 0.625. The molecule has 0 radical (unpaired) electrons. The van der Waals surface area contributed by atoms with Crippen molar-refractivity contribution in [3.63, 3.8) is 0 Å². The van der Waals surface area contributed by atoms with Crippen LogP contribution in [0, 0.1) is 12.8 Å². The molecule has 1 aromatic rings. The fourth-order valence-corrected chi connectivity index (χ4v) is 2.79. The smallest absolute Gasteiger partial charge is 0.0468 e. The van der Waals surface area contributed by atoms with Crippen molar-refractivity contribution in [3.05, 3.63) is 35.4 Å². The standard InChI is InChI=1S/C16H25NO/c1-13-5-3-4-6-15(13)12-16(17-2)11-14-7-9-18-10-8-14/h3-6,14,16-17H,7-12H2,1-2H3. The quantitative estimate of drug-likeness (QED) is 0.864. The Balaban J connectivity index is 1.90. The van der Waals surface area contributed by atoms with E-state index in [0.29, 0.717) is 6.04 Å². The van der Waals surface area contributed by atoms with Crippen LogP contribution in [0.1, 0.15) is 30.4 Å². The summed E-state index contributed by atoms with van der Waals surface area (Å²) in [5, 5.41) is 3.48. The van der Waals surface area contributed by atoms with Crippen LogP contribution < -0.4 is 5.32 Å². The second-order valence-corrected chi connectivity index (χ2v) is 5.41. The second-order valence-electron chi connectivity index (χ2n) is 5.41. The zero-order chi connectivity index (χ0) is 12.8. The maximum absolute atomic E-state index is 5.43. The molecule has 2 heteroatoms. The van der Waals surface area contributed by atoms with Crippen molar-refractivity contribution in [1.29, 1.82) is 0 Å². The van der Waals surface area contributed by atoms with Gasteiger partial charge in [-0.2, -0.15) is 0 Å². The summed E-state index contributed by atoms with van der Waals surface area (Å²) in [6.07, 6.45) is 4.87. The zero-order valence-electron chi connectivity index (χ0n) is 11.6. The van der Waals surface area contributed by atoms with E-state index in [0.717, 1.165) is 25.6 Å². The second kappa shape index (κ2) is 6.91. The first-order valence-corrected chi connectivity index (χ1v) is 7.09. The lowest BCUT2D eigenvalue weighted by molar-refractivity contribution is 0.0608.